The lowest BCUT2D eigenvalue weighted by Crippen LogP contribution is -2.14. The molecular weight excluding hydrogens is 318 g/mol. The van der Waals surface area contributed by atoms with Gasteiger partial charge in [0.2, 0.25) is 5.91 Å². The average molecular weight is 332 g/mol. The lowest BCUT2D eigenvalue weighted by molar-refractivity contribution is -0.113. The zero-order chi connectivity index (χ0) is 15.5. The fourth-order valence-corrected chi connectivity index (χ4v) is 2.90. The standard InChI is InChI=1S/C16H14ClN3OS/c1-10-6-7-11(17)8-14(10)18-15(21)9-22-16-19-12-4-2-3-5-13(12)20-16/h2-8H,9H2,1H3,(H,18,21)(H,19,20). The summed E-state index contributed by atoms with van der Waals surface area (Å²) in [7, 11) is 0. The Kier molecular flexibility index (Phi) is 4.36. The molecular formula is C16H14ClN3OS. The van der Waals surface area contributed by atoms with E-state index in [1.807, 2.05) is 37.3 Å². The molecule has 2 N–H and O–H groups in total. The fourth-order valence-electron chi connectivity index (χ4n) is 2.05. The topological polar surface area (TPSA) is 57.8 Å². The van der Waals surface area contributed by atoms with Crippen molar-refractivity contribution >= 4 is 46.0 Å². The monoisotopic (exact) mass is 331 g/mol. The van der Waals surface area contributed by atoms with Crippen LogP contribution in [0.25, 0.3) is 11.0 Å². The van der Waals surface area contributed by atoms with Crippen LogP contribution in [0.1, 0.15) is 5.56 Å². The number of thioether (sulfide) groups is 1. The highest BCUT2D eigenvalue weighted by Crippen LogP contribution is 2.22. The SMILES string of the molecule is Cc1ccc(Cl)cc1NC(=O)CSc1nc2ccccc2[nH]1. The third-order valence-corrected chi connectivity index (χ3v) is 4.29. The maximum atomic E-state index is 12.0. The summed E-state index contributed by atoms with van der Waals surface area (Å²) in [6, 6.07) is 13.2. The Balaban J connectivity index is 1.63. The number of carbonyl (C=O) groups is 1. The second-order valence-corrected chi connectivity index (χ2v) is 6.26. The Labute approximate surface area is 137 Å². The lowest BCUT2D eigenvalue weighted by atomic mass is 10.2. The van der Waals surface area contributed by atoms with Crippen molar-refractivity contribution < 1.29 is 4.79 Å². The number of para-hydroxylation sites is 2. The first kappa shape index (κ1) is 14.9. The van der Waals surface area contributed by atoms with Crippen molar-refractivity contribution in [2.45, 2.75) is 12.1 Å². The number of nitrogens with zero attached hydrogens (tertiary/aromatic N) is 1. The predicted octanol–water partition coefficient (Wildman–Crippen LogP) is 4.26. The number of anilines is 1. The molecule has 0 fully saturated rings. The van der Waals surface area contributed by atoms with Crippen LogP contribution in [-0.4, -0.2) is 21.6 Å². The minimum atomic E-state index is -0.0872. The number of benzene rings is 2. The summed E-state index contributed by atoms with van der Waals surface area (Å²) in [6.45, 7) is 1.93. The van der Waals surface area contributed by atoms with E-state index in [0.29, 0.717) is 5.02 Å². The van der Waals surface area contributed by atoms with Crippen LogP contribution in [0.2, 0.25) is 5.02 Å². The van der Waals surface area contributed by atoms with E-state index >= 15 is 0 Å². The highest BCUT2D eigenvalue weighted by atomic mass is 35.5. The fraction of sp³-hybridized carbons (Fsp3) is 0.125. The first-order valence-electron chi connectivity index (χ1n) is 6.75. The van der Waals surface area contributed by atoms with Crippen LogP contribution in [-0.2, 0) is 4.79 Å². The van der Waals surface area contributed by atoms with Gasteiger partial charge in [0.25, 0.3) is 0 Å². The molecule has 0 saturated carbocycles. The highest BCUT2D eigenvalue weighted by Gasteiger charge is 2.08. The van der Waals surface area contributed by atoms with E-state index < -0.39 is 0 Å². The number of aryl methyl sites for hydroxylation is 1. The number of rotatable bonds is 4. The number of H-pyrrole nitrogens is 1. The number of imidazole rings is 1. The maximum Gasteiger partial charge on any atom is 0.234 e. The number of hydrogen-bond acceptors (Lipinski definition) is 3. The third-order valence-electron chi connectivity index (χ3n) is 3.18. The molecule has 112 valence electrons. The number of halogens is 1. The van der Waals surface area contributed by atoms with E-state index in [1.54, 1.807) is 12.1 Å². The Bertz CT molecular complexity index is 798. The smallest absolute Gasteiger partial charge is 0.234 e. The van der Waals surface area contributed by atoms with Crippen molar-refractivity contribution in [2.24, 2.45) is 0 Å². The second kappa shape index (κ2) is 6.42. The molecule has 3 aromatic rings. The summed E-state index contributed by atoms with van der Waals surface area (Å²) in [4.78, 5) is 19.7. The van der Waals surface area contributed by atoms with E-state index in [1.165, 1.54) is 11.8 Å². The molecule has 6 heteroatoms. The van der Waals surface area contributed by atoms with Crippen LogP contribution in [0, 0.1) is 6.92 Å². The number of carbonyl (C=O) groups excluding carboxylic acids is 1. The third kappa shape index (κ3) is 3.43. The van der Waals surface area contributed by atoms with Crippen LogP contribution in [0.4, 0.5) is 5.69 Å². The number of nitrogens with one attached hydrogen (secondary N) is 2. The molecule has 2 aromatic carbocycles. The Morgan fingerprint density at radius 3 is 2.95 bits per heavy atom. The minimum absolute atomic E-state index is 0.0872. The van der Waals surface area contributed by atoms with Gasteiger partial charge in [0.15, 0.2) is 5.16 Å². The summed E-state index contributed by atoms with van der Waals surface area (Å²) >= 11 is 7.32. The first-order chi connectivity index (χ1) is 10.6. The van der Waals surface area contributed by atoms with Crippen LogP contribution in [0.3, 0.4) is 0 Å². The average Bonchev–Trinajstić information content (AvgIpc) is 2.92. The quantitative estimate of drug-likeness (QED) is 0.702. The molecule has 0 saturated heterocycles. The summed E-state index contributed by atoms with van der Waals surface area (Å²) in [5, 5.41) is 4.21. The van der Waals surface area contributed by atoms with Gasteiger partial charge in [0.05, 0.1) is 16.8 Å². The normalized spacial score (nSPS) is 10.8. The number of aromatic amines is 1. The van der Waals surface area contributed by atoms with E-state index in [4.69, 9.17) is 11.6 Å². The molecule has 0 unspecified atom stereocenters. The molecule has 0 radical (unpaired) electrons. The molecule has 0 aliphatic heterocycles. The van der Waals surface area contributed by atoms with E-state index in [-0.39, 0.29) is 11.7 Å². The first-order valence-corrected chi connectivity index (χ1v) is 8.12. The predicted molar refractivity (Wildman–Crippen MR) is 91.6 cm³/mol. The van der Waals surface area contributed by atoms with Crippen molar-refractivity contribution in [3.8, 4) is 0 Å². The second-order valence-electron chi connectivity index (χ2n) is 4.86. The molecule has 1 aromatic heterocycles. The molecule has 0 bridgehead atoms. The van der Waals surface area contributed by atoms with Gasteiger partial charge in [-0.15, -0.1) is 0 Å². The number of aromatic nitrogens is 2. The van der Waals surface area contributed by atoms with E-state index in [9.17, 15) is 4.79 Å². The van der Waals surface area contributed by atoms with Crippen molar-refractivity contribution in [3.05, 3.63) is 53.1 Å². The van der Waals surface area contributed by atoms with Crippen molar-refractivity contribution in [3.63, 3.8) is 0 Å². The van der Waals surface area contributed by atoms with Crippen LogP contribution < -0.4 is 5.32 Å². The highest BCUT2D eigenvalue weighted by molar-refractivity contribution is 7.99. The van der Waals surface area contributed by atoms with Gasteiger partial charge in [-0.05, 0) is 36.8 Å². The molecule has 1 amide bonds. The summed E-state index contributed by atoms with van der Waals surface area (Å²) in [5.41, 5.74) is 3.58. The zero-order valence-electron chi connectivity index (χ0n) is 11.9. The molecule has 0 aliphatic rings. The van der Waals surface area contributed by atoms with Crippen molar-refractivity contribution in [2.75, 3.05) is 11.1 Å². The number of fused-ring (bicyclic) bond motifs is 1. The van der Waals surface area contributed by atoms with Crippen LogP contribution in [0.5, 0.6) is 0 Å². The van der Waals surface area contributed by atoms with Gasteiger partial charge in [0, 0.05) is 10.7 Å². The van der Waals surface area contributed by atoms with Gasteiger partial charge in [0.1, 0.15) is 0 Å². The summed E-state index contributed by atoms with van der Waals surface area (Å²) in [6.07, 6.45) is 0. The zero-order valence-corrected chi connectivity index (χ0v) is 13.5. The summed E-state index contributed by atoms with van der Waals surface area (Å²) < 4.78 is 0. The molecule has 3 rings (SSSR count). The van der Waals surface area contributed by atoms with Crippen molar-refractivity contribution in [1.29, 1.82) is 0 Å². The Morgan fingerprint density at radius 2 is 2.14 bits per heavy atom. The van der Waals surface area contributed by atoms with Gasteiger partial charge >= 0.3 is 0 Å². The molecule has 22 heavy (non-hydrogen) atoms. The molecule has 0 atom stereocenters. The Hall–Kier alpha value is -1.98. The van der Waals surface area contributed by atoms with Gasteiger partial charge in [-0.1, -0.05) is 41.6 Å². The van der Waals surface area contributed by atoms with Gasteiger partial charge in [-0.3, -0.25) is 4.79 Å². The minimum Gasteiger partial charge on any atom is -0.333 e. The number of hydrogen-bond donors (Lipinski definition) is 2. The summed E-state index contributed by atoms with van der Waals surface area (Å²) in [5.74, 6) is 0.196. The van der Waals surface area contributed by atoms with Gasteiger partial charge in [-0.25, -0.2) is 4.98 Å². The van der Waals surface area contributed by atoms with Gasteiger partial charge in [-0.2, -0.15) is 0 Å². The van der Waals surface area contributed by atoms with Gasteiger partial charge < -0.3 is 10.3 Å². The van der Waals surface area contributed by atoms with Crippen molar-refractivity contribution in [1.82, 2.24) is 9.97 Å². The lowest BCUT2D eigenvalue weighted by Gasteiger charge is -2.08. The number of amides is 1. The largest absolute Gasteiger partial charge is 0.333 e. The molecule has 0 spiro atoms. The van der Waals surface area contributed by atoms with E-state index in [0.717, 1.165) is 27.4 Å². The Morgan fingerprint density at radius 1 is 1.32 bits per heavy atom. The molecule has 4 nitrogen and oxygen atoms in total. The van der Waals surface area contributed by atoms with Crippen LogP contribution >= 0.6 is 23.4 Å². The molecule has 1 heterocycles. The molecule has 0 aliphatic carbocycles. The van der Waals surface area contributed by atoms with E-state index in [2.05, 4.69) is 15.3 Å². The van der Waals surface area contributed by atoms with Crippen LogP contribution in [0.15, 0.2) is 47.6 Å². The maximum absolute atomic E-state index is 12.0.